The molecule has 0 aliphatic carbocycles. The highest BCUT2D eigenvalue weighted by molar-refractivity contribution is 6.00. The second-order valence-electron chi connectivity index (χ2n) is 4.68. The summed E-state index contributed by atoms with van der Waals surface area (Å²) in [6.07, 6.45) is 1.74. The van der Waals surface area contributed by atoms with Gasteiger partial charge in [-0.3, -0.25) is 0 Å². The van der Waals surface area contributed by atoms with Crippen LogP contribution in [0.15, 0.2) is 18.2 Å². The van der Waals surface area contributed by atoms with Crippen LogP contribution in [0.2, 0.25) is 0 Å². The van der Waals surface area contributed by atoms with E-state index < -0.39 is 5.97 Å². The van der Waals surface area contributed by atoms with Crippen LogP contribution in [0.25, 0.3) is 11.0 Å². The van der Waals surface area contributed by atoms with E-state index in [2.05, 4.69) is 31.1 Å². The lowest BCUT2D eigenvalue weighted by atomic mass is 9.95. The largest absolute Gasteiger partial charge is 0.478 e. The average molecular weight is 247 g/mol. The molecule has 1 N–H and O–H groups in total. The minimum absolute atomic E-state index is 0.208. The van der Waals surface area contributed by atoms with Crippen LogP contribution in [-0.4, -0.2) is 26.1 Å². The molecule has 0 aliphatic rings. The van der Waals surface area contributed by atoms with Crippen molar-refractivity contribution in [2.45, 2.75) is 39.2 Å². The molecule has 0 fully saturated rings. The minimum atomic E-state index is -0.946. The summed E-state index contributed by atoms with van der Waals surface area (Å²) in [7, 11) is 0. The second-order valence-corrected chi connectivity index (χ2v) is 4.68. The van der Waals surface area contributed by atoms with Gasteiger partial charge in [0.05, 0.1) is 11.1 Å². The Labute approximate surface area is 105 Å². The van der Waals surface area contributed by atoms with Gasteiger partial charge in [-0.05, 0) is 31.9 Å². The Balaban J connectivity index is 2.77. The molecule has 0 amide bonds. The molecule has 1 aromatic heterocycles. The maximum Gasteiger partial charge on any atom is 0.337 e. The van der Waals surface area contributed by atoms with Gasteiger partial charge in [-0.2, -0.15) is 0 Å². The van der Waals surface area contributed by atoms with Gasteiger partial charge in [0.2, 0.25) is 0 Å². The summed E-state index contributed by atoms with van der Waals surface area (Å²) in [6, 6.07) is 5.08. The molecule has 1 aromatic carbocycles. The predicted octanol–water partition coefficient (Wildman–Crippen LogP) is 2.66. The van der Waals surface area contributed by atoms with Crippen molar-refractivity contribution in [2.24, 2.45) is 0 Å². The van der Waals surface area contributed by atoms with E-state index in [4.69, 9.17) is 0 Å². The maximum atomic E-state index is 11.3. The Bertz CT molecular complexity index is 585. The molecule has 2 rings (SSSR count). The van der Waals surface area contributed by atoms with Crippen LogP contribution >= 0.6 is 0 Å². The first-order chi connectivity index (χ1) is 8.53. The van der Waals surface area contributed by atoms with E-state index in [0.29, 0.717) is 11.0 Å². The van der Waals surface area contributed by atoms with E-state index in [1.54, 1.807) is 22.9 Å². The van der Waals surface area contributed by atoms with Gasteiger partial charge in [0, 0.05) is 0 Å². The molecule has 0 atom stereocenters. The third kappa shape index (κ3) is 1.75. The highest BCUT2D eigenvalue weighted by Gasteiger charge is 2.27. The third-order valence-electron chi connectivity index (χ3n) is 3.73. The molecule has 18 heavy (non-hydrogen) atoms. The van der Waals surface area contributed by atoms with Gasteiger partial charge in [0.15, 0.2) is 0 Å². The van der Waals surface area contributed by atoms with Crippen LogP contribution in [0.3, 0.4) is 0 Å². The molecule has 0 aliphatic heterocycles. The van der Waals surface area contributed by atoms with Crippen molar-refractivity contribution in [3.8, 4) is 0 Å². The highest BCUT2D eigenvalue weighted by Crippen LogP contribution is 2.28. The lowest BCUT2D eigenvalue weighted by molar-refractivity contribution is 0.0698. The molecule has 0 saturated heterocycles. The zero-order valence-corrected chi connectivity index (χ0v) is 10.8. The number of para-hydroxylation sites is 1. The third-order valence-corrected chi connectivity index (χ3v) is 3.73. The van der Waals surface area contributed by atoms with Gasteiger partial charge in [0.1, 0.15) is 11.0 Å². The molecular weight excluding hydrogens is 230 g/mol. The van der Waals surface area contributed by atoms with Crippen molar-refractivity contribution >= 4 is 17.0 Å². The molecule has 0 saturated carbocycles. The smallest absolute Gasteiger partial charge is 0.337 e. The summed E-state index contributed by atoms with van der Waals surface area (Å²) < 4.78 is 1.76. The molecule has 0 spiro atoms. The molecule has 5 nitrogen and oxygen atoms in total. The Hall–Kier alpha value is -1.91. The van der Waals surface area contributed by atoms with E-state index in [9.17, 15) is 9.90 Å². The number of carbonyl (C=O) groups is 1. The number of rotatable bonds is 4. The molecule has 2 aromatic rings. The van der Waals surface area contributed by atoms with Crippen molar-refractivity contribution in [3.63, 3.8) is 0 Å². The first-order valence-corrected chi connectivity index (χ1v) is 6.11. The van der Waals surface area contributed by atoms with Crippen LogP contribution in [0.1, 0.15) is 44.0 Å². The normalized spacial score (nSPS) is 11.9. The zero-order valence-electron chi connectivity index (χ0n) is 10.8. The Morgan fingerprint density at radius 3 is 2.61 bits per heavy atom. The quantitative estimate of drug-likeness (QED) is 0.901. The SMILES string of the molecule is CCC(C)(CC)n1nnc2cccc(C(=O)O)c21. The number of hydrogen-bond acceptors (Lipinski definition) is 3. The number of aromatic carboxylic acids is 1. The van der Waals surface area contributed by atoms with Crippen LogP contribution in [-0.2, 0) is 5.54 Å². The summed E-state index contributed by atoms with van der Waals surface area (Å²) >= 11 is 0. The van der Waals surface area contributed by atoms with Gasteiger partial charge < -0.3 is 5.11 Å². The number of hydrogen-bond donors (Lipinski definition) is 1. The molecule has 0 bridgehead atoms. The number of aromatic nitrogens is 3. The van der Waals surface area contributed by atoms with E-state index in [0.717, 1.165) is 12.8 Å². The van der Waals surface area contributed by atoms with Crippen molar-refractivity contribution in [2.75, 3.05) is 0 Å². The number of benzene rings is 1. The number of fused-ring (bicyclic) bond motifs is 1. The highest BCUT2D eigenvalue weighted by atomic mass is 16.4. The van der Waals surface area contributed by atoms with Crippen molar-refractivity contribution in [1.29, 1.82) is 0 Å². The molecule has 0 unspecified atom stereocenters. The van der Waals surface area contributed by atoms with Crippen molar-refractivity contribution < 1.29 is 9.90 Å². The van der Waals surface area contributed by atoms with Crippen LogP contribution < -0.4 is 0 Å². The van der Waals surface area contributed by atoms with Gasteiger partial charge in [-0.15, -0.1) is 5.10 Å². The van der Waals surface area contributed by atoms with Gasteiger partial charge in [0.25, 0.3) is 0 Å². The maximum absolute atomic E-state index is 11.3. The van der Waals surface area contributed by atoms with Gasteiger partial charge >= 0.3 is 5.97 Å². The lowest BCUT2D eigenvalue weighted by Gasteiger charge is -2.27. The fourth-order valence-electron chi connectivity index (χ4n) is 2.07. The monoisotopic (exact) mass is 247 g/mol. The standard InChI is InChI=1S/C13H17N3O2/c1-4-13(3,5-2)16-11-9(12(17)18)7-6-8-10(11)14-15-16/h6-8H,4-5H2,1-3H3,(H,17,18). The van der Waals surface area contributed by atoms with E-state index in [-0.39, 0.29) is 11.1 Å². The fraction of sp³-hybridized carbons (Fsp3) is 0.462. The molecule has 0 radical (unpaired) electrons. The molecule has 5 heteroatoms. The fourth-order valence-corrected chi connectivity index (χ4v) is 2.07. The Morgan fingerprint density at radius 2 is 2.06 bits per heavy atom. The Kier molecular flexibility index (Phi) is 3.07. The average Bonchev–Trinajstić information content (AvgIpc) is 2.81. The lowest BCUT2D eigenvalue weighted by Crippen LogP contribution is -2.30. The topological polar surface area (TPSA) is 68.0 Å². The minimum Gasteiger partial charge on any atom is -0.478 e. The zero-order chi connectivity index (χ0) is 13.3. The van der Waals surface area contributed by atoms with Crippen molar-refractivity contribution in [1.82, 2.24) is 15.0 Å². The Morgan fingerprint density at radius 1 is 1.39 bits per heavy atom. The summed E-state index contributed by atoms with van der Waals surface area (Å²) in [6.45, 7) is 6.21. The number of carboxylic acid groups (broad SMARTS) is 1. The van der Waals surface area contributed by atoms with E-state index in [1.165, 1.54) is 0 Å². The number of carboxylic acids is 1. The predicted molar refractivity (Wildman–Crippen MR) is 68.7 cm³/mol. The van der Waals surface area contributed by atoms with E-state index in [1.807, 2.05) is 0 Å². The summed E-state index contributed by atoms with van der Waals surface area (Å²) in [5.41, 5.74) is 1.28. The molecule has 1 heterocycles. The van der Waals surface area contributed by atoms with Gasteiger partial charge in [-0.25, -0.2) is 9.48 Å². The van der Waals surface area contributed by atoms with Crippen LogP contribution in [0, 0.1) is 0 Å². The van der Waals surface area contributed by atoms with Gasteiger partial charge in [-0.1, -0.05) is 25.1 Å². The van der Waals surface area contributed by atoms with Crippen LogP contribution in [0.4, 0.5) is 0 Å². The molecular formula is C13H17N3O2. The first kappa shape index (κ1) is 12.5. The summed E-state index contributed by atoms with van der Waals surface area (Å²) in [5, 5.41) is 17.5. The number of nitrogens with zero attached hydrogens (tertiary/aromatic N) is 3. The second kappa shape index (κ2) is 4.40. The summed E-state index contributed by atoms with van der Waals surface area (Å²) in [4.78, 5) is 11.3. The first-order valence-electron chi connectivity index (χ1n) is 6.11. The molecule has 96 valence electrons. The van der Waals surface area contributed by atoms with Crippen LogP contribution in [0.5, 0.6) is 0 Å². The van der Waals surface area contributed by atoms with E-state index >= 15 is 0 Å². The van der Waals surface area contributed by atoms with Crippen molar-refractivity contribution in [3.05, 3.63) is 23.8 Å². The summed E-state index contributed by atoms with van der Waals surface area (Å²) in [5.74, 6) is -0.946.